The van der Waals surface area contributed by atoms with Crippen molar-refractivity contribution in [3.63, 3.8) is 0 Å². The summed E-state index contributed by atoms with van der Waals surface area (Å²) in [7, 11) is 1.74. The van der Waals surface area contributed by atoms with Crippen LogP contribution in [0, 0.1) is 20.8 Å². The molecule has 13 heteroatoms. The second-order valence-electron chi connectivity index (χ2n) is 11.8. The largest absolute Gasteiger partial charge is 0.465 e. The summed E-state index contributed by atoms with van der Waals surface area (Å²) in [6.07, 6.45) is -4.82. The number of aryl methyl sites for hydroxylation is 3. The lowest BCUT2D eigenvalue weighted by atomic mass is 9.88. The predicted octanol–water partition coefficient (Wildman–Crippen LogP) is 8.51. The fourth-order valence-electron chi connectivity index (χ4n) is 5.87. The highest BCUT2D eigenvalue weighted by molar-refractivity contribution is 6.31. The third-order valence-electron chi connectivity index (χ3n) is 8.34. The molecule has 0 fully saturated rings. The second kappa shape index (κ2) is 15.7. The van der Waals surface area contributed by atoms with E-state index in [9.17, 15) is 27.9 Å². The molecule has 0 aliphatic carbocycles. The first-order valence-corrected chi connectivity index (χ1v) is 16.2. The Hall–Kier alpha value is -4.68. The van der Waals surface area contributed by atoms with Crippen molar-refractivity contribution in [1.29, 1.82) is 0 Å². The highest BCUT2D eigenvalue weighted by atomic mass is 35.5. The molecule has 0 bridgehead atoms. The van der Waals surface area contributed by atoms with Gasteiger partial charge in [0.1, 0.15) is 5.82 Å². The van der Waals surface area contributed by atoms with E-state index in [4.69, 9.17) is 11.6 Å². The van der Waals surface area contributed by atoms with E-state index in [0.29, 0.717) is 34.5 Å². The maximum atomic E-state index is 13.9. The van der Waals surface area contributed by atoms with Crippen LogP contribution in [0.15, 0.2) is 66.9 Å². The van der Waals surface area contributed by atoms with Gasteiger partial charge in [0, 0.05) is 42.6 Å². The Labute approximate surface area is 289 Å². The quantitative estimate of drug-likeness (QED) is 0.153. The van der Waals surface area contributed by atoms with Crippen molar-refractivity contribution in [3.05, 3.63) is 111 Å². The summed E-state index contributed by atoms with van der Waals surface area (Å²) in [6.45, 7) is 12.6. The van der Waals surface area contributed by atoms with Crippen molar-refractivity contribution >= 4 is 41.1 Å². The summed E-state index contributed by atoms with van der Waals surface area (Å²) in [5.41, 5.74) is 2.58. The predicted molar refractivity (Wildman–Crippen MR) is 186 cm³/mol. The summed E-state index contributed by atoms with van der Waals surface area (Å²) in [6, 6.07) is 13.3. The average molecular weight is 697 g/mol. The van der Waals surface area contributed by atoms with Crippen molar-refractivity contribution in [3.8, 4) is 0 Å². The highest BCUT2D eigenvalue weighted by Gasteiger charge is 2.37. The minimum atomic E-state index is -4.70. The topological polar surface area (TPSA) is 102 Å². The minimum Gasteiger partial charge on any atom is -0.465 e. The maximum absolute atomic E-state index is 13.9. The number of alkyl halides is 3. The summed E-state index contributed by atoms with van der Waals surface area (Å²) in [5, 5.41) is 13.6. The van der Waals surface area contributed by atoms with Gasteiger partial charge in [-0.1, -0.05) is 49.2 Å². The molecule has 3 aromatic carbocycles. The van der Waals surface area contributed by atoms with Crippen LogP contribution in [0.4, 0.5) is 35.4 Å². The zero-order valence-corrected chi connectivity index (χ0v) is 29.0. The van der Waals surface area contributed by atoms with E-state index in [1.54, 1.807) is 50.1 Å². The molecule has 4 aromatic rings. The smallest absolute Gasteiger partial charge is 0.416 e. The van der Waals surface area contributed by atoms with E-state index >= 15 is 0 Å². The van der Waals surface area contributed by atoms with Gasteiger partial charge in [-0.3, -0.25) is 4.79 Å². The van der Waals surface area contributed by atoms with Crippen LogP contribution in [0.2, 0.25) is 5.02 Å². The summed E-state index contributed by atoms with van der Waals surface area (Å²) >= 11 is 6.55. The number of carbonyl (C=O) groups is 2. The van der Waals surface area contributed by atoms with Crippen LogP contribution in [0.5, 0.6) is 0 Å². The standard InChI is InChI=1S/C36H40ClF3N6O3/c1-7-45(8-2)17-16-44(6)33(47)25-10-9-11-27(20-25)42-34-41-15-14-30(43-34)46(35(48)49)32(31-23(4)18-22(3)19-24(31)5)28-21-26(36(38,39)40)12-13-29(28)37/h9-15,18-21,32H,7-8,16-17H2,1-6H3,(H,48,49)(H,41,42,43). The van der Waals surface area contributed by atoms with Crippen LogP contribution in [0.3, 0.4) is 0 Å². The summed E-state index contributed by atoms with van der Waals surface area (Å²) < 4.78 is 41.7. The Bertz CT molecular complexity index is 1790. The number of anilines is 3. The van der Waals surface area contributed by atoms with Crippen molar-refractivity contribution in [1.82, 2.24) is 19.8 Å². The van der Waals surface area contributed by atoms with Gasteiger partial charge in [0.25, 0.3) is 5.91 Å². The molecule has 0 aliphatic heterocycles. The Morgan fingerprint density at radius 2 is 1.63 bits per heavy atom. The lowest BCUT2D eigenvalue weighted by Crippen LogP contribution is -2.36. The Morgan fingerprint density at radius 1 is 0.959 bits per heavy atom. The molecule has 1 heterocycles. The molecule has 0 aliphatic rings. The average Bonchev–Trinajstić information content (AvgIpc) is 3.03. The molecule has 4 rings (SSSR count). The van der Waals surface area contributed by atoms with Crippen LogP contribution in [0.1, 0.15) is 63.6 Å². The van der Waals surface area contributed by atoms with Crippen molar-refractivity contribution in [2.75, 3.05) is 43.4 Å². The van der Waals surface area contributed by atoms with Gasteiger partial charge in [0.15, 0.2) is 0 Å². The van der Waals surface area contributed by atoms with Crippen molar-refractivity contribution in [2.24, 2.45) is 0 Å². The van der Waals surface area contributed by atoms with Gasteiger partial charge in [-0.05, 0) is 98.6 Å². The Balaban J connectivity index is 1.75. The number of nitrogens with one attached hydrogen (secondary N) is 1. The van der Waals surface area contributed by atoms with Crippen LogP contribution in [-0.4, -0.2) is 70.1 Å². The zero-order chi connectivity index (χ0) is 36.0. The monoisotopic (exact) mass is 696 g/mol. The fraction of sp³-hybridized carbons (Fsp3) is 0.333. The lowest BCUT2D eigenvalue weighted by Gasteiger charge is -2.32. The molecule has 0 radical (unpaired) electrons. The number of nitrogens with zero attached hydrogens (tertiary/aromatic N) is 5. The van der Waals surface area contributed by atoms with Gasteiger partial charge in [0.2, 0.25) is 5.95 Å². The van der Waals surface area contributed by atoms with Gasteiger partial charge in [-0.2, -0.15) is 18.2 Å². The molecule has 2 N–H and O–H groups in total. The second-order valence-corrected chi connectivity index (χ2v) is 12.2. The molecule has 1 aromatic heterocycles. The molecule has 1 unspecified atom stereocenters. The van der Waals surface area contributed by atoms with Crippen molar-refractivity contribution < 1.29 is 27.9 Å². The van der Waals surface area contributed by atoms with E-state index in [-0.39, 0.29) is 28.3 Å². The number of carbonyl (C=O) groups excluding carboxylic acids is 1. The number of likely N-dealkylation sites (N-methyl/N-ethyl adjacent to an activating group) is 2. The van der Waals surface area contributed by atoms with Gasteiger partial charge >= 0.3 is 12.3 Å². The molecular weight excluding hydrogens is 657 g/mol. The van der Waals surface area contributed by atoms with Gasteiger partial charge in [0.05, 0.1) is 11.6 Å². The number of benzene rings is 3. The first kappa shape index (κ1) is 37.1. The van der Waals surface area contributed by atoms with Gasteiger partial charge in [-0.15, -0.1) is 0 Å². The lowest BCUT2D eigenvalue weighted by molar-refractivity contribution is -0.137. The number of rotatable bonds is 12. The number of hydrogen-bond donors (Lipinski definition) is 2. The normalized spacial score (nSPS) is 12.1. The van der Waals surface area contributed by atoms with E-state index in [0.717, 1.165) is 48.3 Å². The zero-order valence-electron chi connectivity index (χ0n) is 28.3. The molecule has 9 nitrogen and oxygen atoms in total. The number of halogens is 4. The molecule has 49 heavy (non-hydrogen) atoms. The Morgan fingerprint density at radius 3 is 2.24 bits per heavy atom. The molecule has 260 valence electrons. The van der Waals surface area contributed by atoms with Gasteiger partial charge < -0.3 is 20.2 Å². The molecule has 0 saturated heterocycles. The van der Waals surface area contributed by atoms with Gasteiger partial charge in [-0.25, -0.2) is 14.7 Å². The van der Waals surface area contributed by atoms with Crippen molar-refractivity contribution in [2.45, 2.75) is 46.8 Å². The van der Waals surface area contributed by atoms with E-state index < -0.39 is 23.9 Å². The van der Waals surface area contributed by atoms with E-state index in [1.807, 2.05) is 19.1 Å². The number of hydrogen-bond acceptors (Lipinski definition) is 6. The number of aromatic nitrogens is 2. The molecule has 0 spiro atoms. The number of amides is 2. The SMILES string of the molecule is CCN(CC)CCN(C)C(=O)c1cccc(Nc2nccc(N(C(=O)O)C(c3cc(C(F)(F)F)ccc3Cl)c3c(C)cc(C)cc3C)n2)c1. The first-order valence-electron chi connectivity index (χ1n) is 15.8. The first-order chi connectivity index (χ1) is 23.1. The minimum absolute atomic E-state index is 0.00877. The summed E-state index contributed by atoms with van der Waals surface area (Å²) in [5.74, 6) is -0.270. The molecular formula is C36H40ClF3N6O3. The Kier molecular flexibility index (Phi) is 11.9. The molecule has 1 atom stereocenters. The summed E-state index contributed by atoms with van der Waals surface area (Å²) in [4.78, 5) is 39.8. The highest BCUT2D eigenvalue weighted by Crippen LogP contribution is 2.42. The fourth-order valence-corrected chi connectivity index (χ4v) is 6.09. The maximum Gasteiger partial charge on any atom is 0.416 e. The molecule has 2 amide bonds. The van der Waals surface area contributed by atoms with E-state index in [2.05, 4.69) is 34.0 Å². The third-order valence-corrected chi connectivity index (χ3v) is 8.68. The number of carboxylic acid groups (broad SMARTS) is 1. The van der Waals surface area contributed by atoms with Crippen LogP contribution < -0.4 is 10.2 Å². The van der Waals surface area contributed by atoms with Crippen LogP contribution in [0.25, 0.3) is 0 Å². The van der Waals surface area contributed by atoms with Crippen LogP contribution >= 0.6 is 11.6 Å². The molecule has 0 saturated carbocycles. The van der Waals surface area contributed by atoms with E-state index in [1.165, 1.54) is 12.3 Å². The van der Waals surface area contributed by atoms with Crippen LogP contribution in [-0.2, 0) is 6.18 Å². The third kappa shape index (κ3) is 8.87.